The normalized spacial score (nSPS) is 10.8. The maximum absolute atomic E-state index is 12.0. The summed E-state index contributed by atoms with van der Waals surface area (Å²) in [5, 5.41) is 1.99. The molecule has 3 aromatic carbocycles. The number of hydrogen-bond acceptors (Lipinski definition) is 4. The largest absolute Gasteiger partial charge is 0.497 e. The van der Waals surface area contributed by atoms with Gasteiger partial charge in [-0.1, -0.05) is 24.3 Å². The van der Waals surface area contributed by atoms with Gasteiger partial charge in [0.05, 0.1) is 14.2 Å². The third kappa shape index (κ3) is 4.18. The minimum absolute atomic E-state index is 0.440. The van der Waals surface area contributed by atoms with Crippen molar-refractivity contribution in [3.63, 3.8) is 0 Å². The highest BCUT2D eigenvalue weighted by molar-refractivity contribution is 5.90. The van der Waals surface area contributed by atoms with E-state index in [1.807, 2.05) is 54.6 Å². The second-order valence-electron chi connectivity index (χ2n) is 5.41. The first-order valence-corrected chi connectivity index (χ1v) is 7.80. The van der Waals surface area contributed by atoms with Crippen LogP contribution in [0.5, 0.6) is 17.2 Å². The first kappa shape index (κ1) is 16.6. The van der Waals surface area contributed by atoms with Crippen LogP contribution in [0.3, 0.4) is 0 Å². The average Bonchev–Trinajstić information content (AvgIpc) is 2.66. The predicted molar refractivity (Wildman–Crippen MR) is 98.2 cm³/mol. The summed E-state index contributed by atoms with van der Waals surface area (Å²) in [4.78, 5) is 12.0. The molecule has 4 nitrogen and oxygen atoms in total. The van der Waals surface area contributed by atoms with Gasteiger partial charge < -0.3 is 14.2 Å². The van der Waals surface area contributed by atoms with Crippen LogP contribution in [-0.2, 0) is 4.79 Å². The standard InChI is InChI=1S/C21H18O4/c1-23-18-5-3-4-15(12-18)6-11-21(22)25-20-10-8-16-7-9-19(24-2)13-17(16)14-20/h3-14H,1-2H3/b11-6+. The molecule has 0 aromatic heterocycles. The highest BCUT2D eigenvalue weighted by atomic mass is 16.5. The monoisotopic (exact) mass is 334 g/mol. The smallest absolute Gasteiger partial charge is 0.336 e. The van der Waals surface area contributed by atoms with Crippen molar-refractivity contribution in [3.8, 4) is 17.2 Å². The number of methoxy groups -OCH3 is 2. The second kappa shape index (κ2) is 7.53. The molecule has 3 aromatic rings. The zero-order chi connectivity index (χ0) is 17.6. The fourth-order valence-corrected chi connectivity index (χ4v) is 2.45. The third-order valence-electron chi connectivity index (χ3n) is 3.74. The Balaban J connectivity index is 1.73. The van der Waals surface area contributed by atoms with E-state index in [1.165, 1.54) is 6.08 Å². The summed E-state index contributed by atoms with van der Waals surface area (Å²) in [5.74, 6) is 1.54. The highest BCUT2D eigenvalue weighted by Crippen LogP contribution is 2.25. The lowest BCUT2D eigenvalue weighted by molar-refractivity contribution is -0.128. The van der Waals surface area contributed by atoms with Gasteiger partial charge in [0, 0.05) is 6.08 Å². The van der Waals surface area contributed by atoms with Gasteiger partial charge in [-0.05, 0) is 58.8 Å². The van der Waals surface area contributed by atoms with E-state index in [-0.39, 0.29) is 0 Å². The summed E-state index contributed by atoms with van der Waals surface area (Å²) in [5.41, 5.74) is 0.861. The molecular weight excluding hydrogens is 316 g/mol. The van der Waals surface area contributed by atoms with Gasteiger partial charge in [-0.15, -0.1) is 0 Å². The van der Waals surface area contributed by atoms with Gasteiger partial charge in [0.15, 0.2) is 0 Å². The van der Waals surface area contributed by atoms with Crippen molar-refractivity contribution in [1.29, 1.82) is 0 Å². The summed E-state index contributed by atoms with van der Waals surface area (Å²) >= 11 is 0. The number of fused-ring (bicyclic) bond motifs is 1. The van der Waals surface area contributed by atoms with E-state index in [9.17, 15) is 4.79 Å². The lowest BCUT2D eigenvalue weighted by atomic mass is 10.1. The molecule has 0 atom stereocenters. The summed E-state index contributed by atoms with van der Waals surface area (Å²) in [6, 6.07) is 18.7. The van der Waals surface area contributed by atoms with Gasteiger partial charge in [0.25, 0.3) is 0 Å². The topological polar surface area (TPSA) is 44.8 Å². The Morgan fingerprint density at radius 2 is 1.48 bits per heavy atom. The SMILES string of the molecule is COc1cccc(/C=C/C(=O)Oc2ccc3ccc(OC)cc3c2)c1. The molecule has 0 aliphatic rings. The van der Waals surface area contributed by atoms with Crippen molar-refractivity contribution in [2.24, 2.45) is 0 Å². The molecule has 0 heterocycles. The maximum atomic E-state index is 12.0. The van der Waals surface area contributed by atoms with Crippen LogP contribution in [0.15, 0.2) is 66.7 Å². The first-order chi connectivity index (χ1) is 12.2. The van der Waals surface area contributed by atoms with Crippen LogP contribution in [0.25, 0.3) is 16.8 Å². The van der Waals surface area contributed by atoms with E-state index in [0.29, 0.717) is 5.75 Å². The van der Waals surface area contributed by atoms with Crippen LogP contribution >= 0.6 is 0 Å². The number of carbonyl (C=O) groups is 1. The minimum atomic E-state index is -0.440. The van der Waals surface area contributed by atoms with Crippen LogP contribution in [0, 0.1) is 0 Å². The van der Waals surface area contributed by atoms with E-state index in [4.69, 9.17) is 14.2 Å². The number of carbonyl (C=O) groups excluding carboxylic acids is 1. The molecule has 0 N–H and O–H groups in total. The minimum Gasteiger partial charge on any atom is -0.497 e. The molecule has 25 heavy (non-hydrogen) atoms. The van der Waals surface area contributed by atoms with Crippen molar-refractivity contribution in [3.05, 3.63) is 72.3 Å². The maximum Gasteiger partial charge on any atom is 0.336 e. The van der Waals surface area contributed by atoms with Crippen LogP contribution in [-0.4, -0.2) is 20.2 Å². The molecule has 0 fully saturated rings. The Morgan fingerprint density at radius 3 is 2.24 bits per heavy atom. The number of rotatable bonds is 5. The van der Waals surface area contributed by atoms with Gasteiger partial charge in [-0.2, -0.15) is 0 Å². The molecule has 126 valence electrons. The molecule has 0 amide bonds. The zero-order valence-electron chi connectivity index (χ0n) is 14.1. The summed E-state index contributed by atoms with van der Waals surface area (Å²) in [7, 11) is 3.22. The van der Waals surface area contributed by atoms with Crippen LogP contribution < -0.4 is 14.2 Å². The number of hydrogen-bond donors (Lipinski definition) is 0. The lowest BCUT2D eigenvalue weighted by Crippen LogP contribution is -2.03. The molecule has 0 aliphatic heterocycles. The van der Waals surface area contributed by atoms with Gasteiger partial charge in [0.1, 0.15) is 17.2 Å². The van der Waals surface area contributed by atoms with Gasteiger partial charge in [0.2, 0.25) is 0 Å². The zero-order valence-corrected chi connectivity index (χ0v) is 14.1. The summed E-state index contributed by atoms with van der Waals surface area (Å²) in [6.45, 7) is 0. The molecule has 0 spiro atoms. The molecule has 0 bridgehead atoms. The molecular formula is C21H18O4. The van der Waals surface area contributed by atoms with Crippen LogP contribution in [0.2, 0.25) is 0 Å². The van der Waals surface area contributed by atoms with Gasteiger partial charge in [-0.25, -0.2) is 4.79 Å². The van der Waals surface area contributed by atoms with Crippen molar-refractivity contribution in [2.45, 2.75) is 0 Å². The third-order valence-corrected chi connectivity index (χ3v) is 3.74. The van der Waals surface area contributed by atoms with E-state index in [2.05, 4.69) is 0 Å². The Morgan fingerprint density at radius 1 is 0.800 bits per heavy atom. The van der Waals surface area contributed by atoms with Crippen molar-refractivity contribution < 1.29 is 19.0 Å². The van der Waals surface area contributed by atoms with Crippen LogP contribution in [0.1, 0.15) is 5.56 Å². The molecule has 4 heteroatoms. The van der Waals surface area contributed by atoms with E-state index in [0.717, 1.165) is 27.8 Å². The van der Waals surface area contributed by atoms with E-state index >= 15 is 0 Å². The average molecular weight is 334 g/mol. The first-order valence-electron chi connectivity index (χ1n) is 7.80. The Kier molecular flexibility index (Phi) is 5.00. The van der Waals surface area contributed by atoms with Crippen molar-refractivity contribution >= 4 is 22.8 Å². The highest BCUT2D eigenvalue weighted by Gasteiger charge is 2.03. The molecule has 0 aliphatic carbocycles. The quantitative estimate of drug-likeness (QED) is 0.392. The summed E-state index contributed by atoms with van der Waals surface area (Å²) < 4.78 is 15.8. The number of esters is 1. The van der Waals surface area contributed by atoms with Crippen molar-refractivity contribution in [2.75, 3.05) is 14.2 Å². The summed E-state index contributed by atoms with van der Waals surface area (Å²) in [6.07, 6.45) is 3.08. The van der Waals surface area contributed by atoms with E-state index < -0.39 is 5.97 Å². The van der Waals surface area contributed by atoms with Gasteiger partial charge in [-0.3, -0.25) is 0 Å². The molecule has 0 radical (unpaired) electrons. The van der Waals surface area contributed by atoms with E-state index in [1.54, 1.807) is 26.4 Å². The second-order valence-corrected chi connectivity index (χ2v) is 5.41. The fourth-order valence-electron chi connectivity index (χ4n) is 2.45. The van der Waals surface area contributed by atoms with Gasteiger partial charge >= 0.3 is 5.97 Å². The molecule has 3 rings (SSSR count). The Hall–Kier alpha value is -3.27. The molecule has 0 saturated heterocycles. The Labute approximate surface area is 146 Å². The lowest BCUT2D eigenvalue weighted by Gasteiger charge is -2.05. The molecule has 0 saturated carbocycles. The number of ether oxygens (including phenoxy) is 3. The molecule has 0 unspecified atom stereocenters. The number of benzene rings is 3. The van der Waals surface area contributed by atoms with Crippen LogP contribution in [0.4, 0.5) is 0 Å². The van der Waals surface area contributed by atoms with Crippen molar-refractivity contribution in [1.82, 2.24) is 0 Å². The fraction of sp³-hybridized carbons (Fsp3) is 0.0952. The predicted octanol–water partition coefficient (Wildman–Crippen LogP) is 4.48. The Bertz CT molecular complexity index is 928.